The number of fused-ring (bicyclic) bond motifs is 6. The van der Waals surface area contributed by atoms with Crippen molar-refractivity contribution in [3.8, 4) is 5.69 Å². The Balaban J connectivity index is 1.22. The Labute approximate surface area is 332 Å². The molecule has 2 aromatic heterocycles. The molecular formula is C45H28B6N4O. The summed E-state index contributed by atoms with van der Waals surface area (Å²) < 4.78 is 8.94. The minimum atomic E-state index is -0.424. The first-order valence-corrected chi connectivity index (χ1v) is 18.6. The van der Waals surface area contributed by atoms with Crippen molar-refractivity contribution in [1.82, 2.24) is 15.2 Å². The first-order chi connectivity index (χ1) is 27.3. The Kier molecular flexibility index (Phi) is 8.34. The molecular weight excluding hydrogens is 677 g/mol. The minimum Gasteiger partial charge on any atom is -0.455 e. The fraction of sp³-hybridized carbons (Fsp3) is 0.0889. The molecule has 0 fully saturated rings. The largest absolute Gasteiger partial charge is 0.455 e. The van der Waals surface area contributed by atoms with Gasteiger partial charge in [0.1, 0.15) is 70.8 Å². The van der Waals surface area contributed by atoms with Gasteiger partial charge in [0.05, 0.1) is 16.7 Å². The second-order valence-electron chi connectivity index (χ2n) is 14.4. The Morgan fingerprint density at radius 3 is 2.07 bits per heavy atom. The number of aliphatic imine (C=N–C) groups is 1. The Morgan fingerprint density at radius 2 is 1.32 bits per heavy atom. The molecule has 2 N–H and O–H groups in total. The molecule has 0 saturated carbocycles. The van der Waals surface area contributed by atoms with E-state index >= 15 is 0 Å². The average Bonchev–Trinajstić information content (AvgIpc) is 3.80. The van der Waals surface area contributed by atoms with E-state index in [0.717, 1.165) is 45.8 Å². The van der Waals surface area contributed by atoms with Crippen molar-refractivity contribution >= 4 is 135 Å². The Hall–Kier alpha value is -5.78. The topological polar surface area (TPSA) is 54.5 Å². The van der Waals surface area contributed by atoms with E-state index in [1.807, 2.05) is 72.8 Å². The number of hydrogen-bond acceptors (Lipinski definition) is 4. The van der Waals surface area contributed by atoms with E-state index in [0.29, 0.717) is 39.0 Å². The standard InChI is InChI=1S/C45H28B6N4O/c46-34-31-32-35(47)38(50)39(51)40(55-29-19-11-10-18-27(29)28-22-26(20-21-30(28)55)23-12-4-1-5-13-23)42(32)56-41(31)37(49)33(36(34)48)45-53-43(24-14-6-2-7-15-24)52-44(54-45)25-16-8-3-9-17-25/h1-4,6-12,14-22,43-44,52H,5,13H2,(H,53,54). The molecule has 56 heavy (non-hydrogen) atoms. The molecule has 252 valence electrons. The Morgan fingerprint density at radius 1 is 0.643 bits per heavy atom. The SMILES string of the molecule is [B]c1c([B])c([B])c2c(oc3c([B])c(C4=NC(c5ccccc5)NC(c5ccccc5)N4)c([B])c([B])c32)c1-n1c2ccccc2c2cc(C3=CC=CCC3)ccc21. The van der Waals surface area contributed by atoms with Gasteiger partial charge in [0.2, 0.25) is 0 Å². The maximum absolute atomic E-state index is 7.12. The minimum absolute atomic E-state index is 0.207. The summed E-state index contributed by atoms with van der Waals surface area (Å²) >= 11 is 0. The summed E-state index contributed by atoms with van der Waals surface area (Å²) in [6, 6.07) is 34.7. The Bertz CT molecular complexity index is 3000. The van der Waals surface area contributed by atoms with Crippen molar-refractivity contribution in [2.75, 3.05) is 0 Å². The van der Waals surface area contributed by atoms with Crippen LogP contribution in [0.2, 0.25) is 0 Å². The summed E-state index contributed by atoms with van der Waals surface area (Å²) in [6.45, 7) is 0. The molecule has 12 radical (unpaired) electrons. The number of hydrogen-bond donors (Lipinski definition) is 2. The van der Waals surface area contributed by atoms with Gasteiger partial charge in [0, 0.05) is 27.1 Å². The van der Waals surface area contributed by atoms with Crippen LogP contribution < -0.4 is 43.4 Å². The maximum atomic E-state index is 7.12. The van der Waals surface area contributed by atoms with Crippen LogP contribution in [0.5, 0.6) is 0 Å². The summed E-state index contributed by atoms with van der Waals surface area (Å²) in [5.41, 5.74) is 9.35. The van der Waals surface area contributed by atoms with Gasteiger partial charge in [0.25, 0.3) is 0 Å². The smallest absolute Gasteiger partial charge is 0.158 e. The number of aromatic nitrogens is 1. The van der Waals surface area contributed by atoms with Gasteiger partial charge in [-0.1, -0.05) is 125 Å². The predicted octanol–water partition coefficient (Wildman–Crippen LogP) is 3.52. The molecule has 2 aliphatic rings. The third-order valence-corrected chi connectivity index (χ3v) is 11.2. The van der Waals surface area contributed by atoms with E-state index in [1.54, 1.807) is 0 Å². The third-order valence-electron chi connectivity index (χ3n) is 11.2. The molecule has 0 bridgehead atoms. The number of furan rings is 1. The fourth-order valence-corrected chi connectivity index (χ4v) is 8.40. The van der Waals surface area contributed by atoms with E-state index < -0.39 is 6.17 Å². The quantitative estimate of drug-likeness (QED) is 0.270. The molecule has 3 heterocycles. The van der Waals surface area contributed by atoms with Crippen LogP contribution in [0.1, 0.15) is 47.4 Å². The number of benzene rings is 6. The molecule has 0 spiro atoms. The maximum Gasteiger partial charge on any atom is 0.158 e. The highest BCUT2D eigenvalue weighted by Gasteiger charge is 2.30. The summed E-state index contributed by atoms with van der Waals surface area (Å²) in [6.07, 6.45) is 7.73. The summed E-state index contributed by atoms with van der Waals surface area (Å²) in [4.78, 5) is 5.10. The van der Waals surface area contributed by atoms with Crippen LogP contribution in [-0.2, 0) is 0 Å². The summed E-state index contributed by atoms with van der Waals surface area (Å²) in [7, 11) is 41.7. The van der Waals surface area contributed by atoms with Gasteiger partial charge in [0.15, 0.2) is 5.58 Å². The van der Waals surface area contributed by atoms with Crippen molar-refractivity contribution in [2.24, 2.45) is 4.99 Å². The molecule has 6 aromatic carbocycles. The third kappa shape index (κ3) is 5.32. The van der Waals surface area contributed by atoms with Crippen molar-refractivity contribution in [2.45, 2.75) is 25.2 Å². The van der Waals surface area contributed by atoms with E-state index in [9.17, 15) is 0 Å². The number of allylic oxidation sites excluding steroid dienone is 4. The monoisotopic (exact) mass is 706 g/mol. The first-order valence-electron chi connectivity index (χ1n) is 18.6. The van der Waals surface area contributed by atoms with Crippen LogP contribution in [0.15, 0.2) is 131 Å². The number of rotatable bonds is 5. The summed E-state index contributed by atoms with van der Waals surface area (Å²) in [5, 5.41) is 10.2. The molecule has 8 aromatic rings. The van der Waals surface area contributed by atoms with Crippen LogP contribution in [0, 0.1) is 0 Å². The highest BCUT2D eigenvalue weighted by molar-refractivity contribution is 6.65. The van der Waals surface area contributed by atoms with Gasteiger partial charge >= 0.3 is 0 Å². The summed E-state index contributed by atoms with van der Waals surface area (Å²) in [5.74, 6) is 0.463. The van der Waals surface area contributed by atoms with Gasteiger partial charge in [-0.25, -0.2) is 4.99 Å². The van der Waals surface area contributed by atoms with E-state index in [4.69, 9.17) is 56.5 Å². The van der Waals surface area contributed by atoms with Crippen molar-refractivity contribution in [3.63, 3.8) is 0 Å². The normalized spacial score (nSPS) is 17.1. The zero-order valence-corrected chi connectivity index (χ0v) is 30.4. The predicted molar refractivity (Wildman–Crippen MR) is 238 cm³/mol. The second kappa shape index (κ2) is 13.5. The fourth-order valence-electron chi connectivity index (χ4n) is 8.40. The van der Waals surface area contributed by atoms with Gasteiger partial charge in [-0.3, -0.25) is 5.32 Å². The molecule has 11 heteroatoms. The van der Waals surface area contributed by atoms with Crippen LogP contribution in [0.25, 0.3) is 55.0 Å². The number of nitrogens with one attached hydrogen (secondary N) is 2. The lowest BCUT2D eigenvalue weighted by Gasteiger charge is -2.33. The lowest BCUT2D eigenvalue weighted by atomic mass is 9.67. The molecule has 1 aliphatic heterocycles. The lowest BCUT2D eigenvalue weighted by molar-refractivity contribution is 0.409. The molecule has 1 aliphatic carbocycles. The van der Waals surface area contributed by atoms with Crippen LogP contribution in [0.4, 0.5) is 0 Å². The van der Waals surface area contributed by atoms with Gasteiger partial charge in [-0.05, 0) is 58.8 Å². The van der Waals surface area contributed by atoms with E-state index in [1.165, 1.54) is 11.1 Å². The van der Waals surface area contributed by atoms with E-state index in [2.05, 4.69) is 63.8 Å². The molecule has 2 atom stereocenters. The molecule has 10 rings (SSSR count). The first kappa shape index (κ1) is 34.7. The van der Waals surface area contributed by atoms with Gasteiger partial charge in [-0.15, -0.1) is 5.46 Å². The number of para-hydroxylation sites is 1. The van der Waals surface area contributed by atoms with Crippen LogP contribution in [-0.4, -0.2) is 57.5 Å². The van der Waals surface area contributed by atoms with Gasteiger partial charge < -0.3 is 14.3 Å². The molecule has 5 nitrogen and oxygen atoms in total. The molecule has 0 saturated heterocycles. The van der Waals surface area contributed by atoms with Crippen molar-refractivity contribution in [1.29, 1.82) is 0 Å². The zero-order valence-electron chi connectivity index (χ0n) is 30.4. The molecule has 0 amide bonds. The van der Waals surface area contributed by atoms with Crippen LogP contribution in [0.3, 0.4) is 0 Å². The zero-order chi connectivity index (χ0) is 38.2. The average molecular weight is 706 g/mol. The van der Waals surface area contributed by atoms with E-state index in [-0.39, 0.29) is 38.9 Å². The van der Waals surface area contributed by atoms with Crippen molar-refractivity contribution < 1.29 is 4.42 Å². The second-order valence-corrected chi connectivity index (χ2v) is 14.4. The number of nitrogens with zero attached hydrogens (tertiary/aromatic N) is 2. The highest BCUT2D eigenvalue weighted by Crippen LogP contribution is 2.38. The number of amidine groups is 1. The van der Waals surface area contributed by atoms with Crippen LogP contribution >= 0.6 is 0 Å². The van der Waals surface area contributed by atoms with Gasteiger partial charge in [-0.2, -0.15) is 0 Å². The van der Waals surface area contributed by atoms with Crippen molar-refractivity contribution in [3.05, 3.63) is 144 Å². The lowest BCUT2D eigenvalue weighted by Crippen LogP contribution is -2.50. The highest BCUT2D eigenvalue weighted by atomic mass is 16.3. The molecule has 2 unspecified atom stereocenters.